The molecule has 1 aromatic carbocycles. The molecule has 3 nitrogen and oxygen atoms in total. The molecule has 1 N–H and O–H groups in total. The van der Waals surface area contributed by atoms with Crippen LogP contribution in [0.5, 0.6) is 0 Å². The van der Waals surface area contributed by atoms with Gasteiger partial charge in [0, 0.05) is 17.8 Å². The molecule has 0 unspecified atom stereocenters. The molecule has 0 saturated carbocycles. The van der Waals surface area contributed by atoms with Crippen LogP contribution in [0.3, 0.4) is 0 Å². The molecule has 0 aliphatic carbocycles. The molecule has 1 aromatic heterocycles. The highest BCUT2D eigenvalue weighted by Crippen LogP contribution is 2.21. The number of hydrogen-bond donors (Lipinski definition) is 1. The van der Waals surface area contributed by atoms with Gasteiger partial charge in [-0.15, -0.1) is 0 Å². The number of halogens is 1. The summed E-state index contributed by atoms with van der Waals surface area (Å²) in [5, 5.41) is 8.40. The first kappa shape index (κ1) is 13.1. The van der Waals surface area contributed by atoms with E-state index in [2.05, 4.69) is 24.3 Å². The second kappa shape index (κ2) is 5.55. The zero-order valence-corrected chi connectivity index (χ0v) is 11.7. The van der Waals surface area contributed by atoms with Gasteiger partial charge in [-0.3, -0.25) is 0 Å². The molecule has 96 valence electrons. The zero-order chi connectivity index (χ0) is 13.1. The number of nitrogens with one attached hydrogen (secondary N) is 1. The second-order valence-corrected chi connectivity index (χ2v) is 5.05. The number of rotatable bonds is 4. The van der Waals surface area contributed by atoms with Crippen LogP contribution in [0, 0.1) is 0 Å². The molecular formula is C14H18ClN3. The SMILES string of the molecule is CNCc1ccc(-n2ccc(C(C)C)n2)cc1Cl. The van der Waals surface area contributed by atoms with E-state index in [1.165, 1.54) is 0 Å². The van der Waals surface area contributed by atoms with Crippen molar-refractivity contribution in [2.75, 3.05) is 7.05 Å². The highest BCUT2D eigenvalue weighted by atomic mass is 35.5. The van der Waals surface area contributed by atoms with Crippen LogP contribution >= 0.6 is 11.6 Å². The molecule has 0 amide bonds. The van der Waals surface area contributed by atoms with Gasteiger partial charge in [-0.1, -0.05) is 31.5 Å². The topological polar surface area (TPSA) is 29.9 Å². The van der Waals surface area contributed by atoms with Crippen molar-refractivity contribution in [1.29, 1.82) is 0 Å². The highest BCUT2D eigenvalue weighted by molar-refractivity contribution is 6.31. The van der Waals surface area contributed by atoms with Gasteiger partial charge in [-0.25, -0.2) is 4.68 Å². The van der Waals surface area contributed by atoms with Gasteiger partial charge in [0.15, 0.2) is 0 Å². The summed E-state index contributed by atoms with van der Waals surface area (Å²) in [4.78, 5) is 0. The predicted octanol–water partition coefficient (Wildman–Crippen LogP) is 3.37. The van der Waals surface area contributed by atoms with Crippen LogP contribution in [0.25, 0.3) is 5.69 Å². The molecule has 0 saturated heterocycles. The Kier molecular flexibility index (Phi) is 4.04. The van der Waals surface area contributed by atoms with Crippen LogP contribution in [0.15, 0.2) is 30.5 Å². The molecule has 2 aromatic rings. The smallest absolute Gasteiger partial charge is 0.0660 e. The lowest BCUT2D eigenvalue weighted by molar-refractivity contribution is 0.767. The first-order valence-electron chi connectivity index (χ1n) is 6.10. The van der Waals surface area contributed by atoms with Crippen molar-refractivity contribution in [3.05, 3.63) is 46.7 Å². The summed E-state index contributed by atoms with van der Waals surface area (Å²) in [6.45, 7) is 5.04. The predicted molar refractivity (Wildman–Crippen MR) is 75.4 cm³/mol. The molecule has 2 rings (SSSR count). The number of benzene rings is 1. The van der Waals surface area contributed by atoms with Crippen molar-refractivity contribution >= 4 is 11.6 Å². The Balaban J connectivity index is 2.30. The Morgan fingerprint density at radius 1 is 1.33 bits per heavy atom. The molecule has 0 aliphatic rings. The standard InChI is InChI=1S/C14H18ClN3/c1-10(2)14-6-7-18(17-14)12-5-4-11(9-16-3)13(15)8-12/h4-8,10,16H,9H2,1-3H3. The quantitative estimate of drug-likeness (QED) is 0.917. The summed E-state index contributed by atoms with van der Waals surface area (Å²) in [5.74, 6) is 0.435. The van der Waals surface area contributed by atoms with Gasteiger partial charge in [0.1, 0.15) is 0 Å². The minimum Gasteiger partial charge on any atom is -0.316 e. The molecule has 4 heteroatoms. The average molecular weight is 264 g/mol. The van der Waals surface area contributed by atoms with Crippen molar-refractivity contribution in [2.24, 2.45) is 0 Å². The maximum Gasteiger partial charge on any atom is 0.0660 e. The van der Waals surface area contributed by atoms with Crippen molar-refractivity contribution < 1.29 is 0 Å². The maximum absolute atomic E-state index is 6.25. The van der Waals surface area contributed by atoms with Crippen LogP contribution in [0.1, 0.15) is 31.0 Å². The molecule has 0 aliphatic heterocycles. The van der Waals surface area contributed by atoms with Gasteiger partial charge in [0.25, 0.3) is 0 Å². The Bertz CT molecular complexity index is 532. The number of hydrogen-bond acceptors (Lipinski definition) is 2. The van der Waals surface area contributed by atoms with E-state index in [9.17, 15) is 0 Å². The fourth-order valence-electron chi connectivity index (χ4n) is 1.80. The number of aromatic nitrogens is 2. The molecule has 0 spiro atoms. The van der Waals surface area contributed by atoms with Gasteiger partial charge in [-0.2, -0.15) is 5.10 Å². The van der Waals surface area contributed by atoms with Gasteiger partial charge >= 0.3 is 0 Å². The van der Waals surface area contributed by atoms with Gasteiger partial charge in [0.2, 0.25) is 0 Å². The molecule has 18 heavy (non-hydrogen) atoms. The lowest BCUT2D eigenvalue weighted by Crippen LogP contribution is -2.06. The molecule has 0 bridgehead atoms. The van der Waals surface area contributed by atoms with Crippen LogP contribution in [-0.4, -0.2) is 16.8 Å². The van der Waals surface area contributed by atoms with Gasteiger partial charge < -0.3 is 5.32 Å². The van der Waals surface area contributed by atoms with Crippen molar-refractivity contribution in [3.63, 3.8) is 0 Å². The summed E-state index contributed by atoms with van der Waals surface area (Å²) in [6, 6.07) is 8.06. The minimum absolute atomic E-state index is 0.435. The molecule has 0 fully saturated rings. The van der Waals surface area contributed by atoms with Gasteiger partial charge in [-0.05, 0) is 36.7 Å². The van der Waals surface area contributed by atoms with Gasteiger partial charge in [0.05, 0.1) is 11.4 Å². The Hall–Kier alpha value is -1.32. The molecule has 0 atom stereocenters. The monoisotopic (exact) mass is 263 g/mol. The first-order chi connectivity index (χ1) is 8.61. The largest absolute Gasteiger partial charge is 0.316 e. The van der Waals surface area contributed by atoms with E-state index in [1.807, 2.05) is 42.2 Å². The lowest BCUT2D eigenvalue weighted by Gasteiger charge is -2.07. The first-order valence-corrected chi connectivity index (χ1v) is 6.48. The summed E-state index contributed by atoms with van der Waals surface area (Å²) in [6.07, 6.45) is 1.97. The van der Waals surface area contributed by atoms with E-state index >= 15 is 0 Å². The van der Waals surface area contributed by atoms with E-state index < -0.39 is 0 Å². The fraction of sp³-hybridized carbons (Fsp3) is 0.357. The van der Waals surface area contributed by atoms with Crippen LogP contribution in [0.4, 0.5) is 0 Å². The van der Waals surface area contributed by atoms with E-state index in [0.29, 0.717) is 5.92 Å². The van der Waals surface area contributed by atoms with Crippen molar-refractivity contribution in [1.82, 2.24) is 15.1 Å². The van der Waals surface area contributed by atoms with Crippen LogP contribution < -0.4 is 5.32 Å². The zero-order valence-electron chi connectivity index (χ0n) is 10.9. The minimum atomic E-state index is 0.435. The maximum atomic E-state index is 6.25. The van der Waals surface area contributed by atoms with E-state index in [4.69, 9.17) is 11.6 Å². The summed E-state index contributed by atoms with van der Waals surface area (Å²) < 4.78 is 1.87. The third-order valence-electron chi connectivity index (χ3n) is 2.87. The van der Waals surface area contributed by atoms with E-state index in [1.54, 1.807) is 0 Å². The summed E-state index contributed by atoms with van der Waals surface area (Å²) in [5.41, 5.74) is 3.18. The third kappa shape index (κ3) is 2.74. The number of nitrogens with zero attached hydrogens (tertiary/aromatic N) is 2. The summed E-state index contributed by atoms with van der Waals surface area (Å²) in [7, 11) is 1.91. The normalized spacial score (nSPS) is 11.2. The molecular weight excluding hydrogens is 246 g/mol. The fourth-order valence-corrected chi connectivity index (χ4v) is 2.04. The Labute approximate surface area is 113 Å². The second-order valence-electron chi connectivity index (χ2n) is 4.65. The van der Waals surface area contributed by atoms with E-state index in [-0.39, 0.29) is 0 Å². The van der Waals surface area contributed by atoms with Crippen molar-refractivity contribution in [3.8, 4) is 5.69 Å². The lowest BCUT2D eigenvalue weighted by atomic mass is 10.1. The third-order valence-corrected chi connectivity index (χ3v) is 3.22. The summed E-state index contributed by atoms with van der Waals surface area (Å²) >= 11 is 6.25. The van der Waals surface area contributed by atoms with Crippen LogP contribution in [-0.2, 0) is 6.54 Å². The molecule has 1 heterocycles. The van der Waals surface area contributed by atoms with Crippen molar-refractivity contribution in [2.45, 2.75) is 26.3 Å². The molecule has 0 radical (unpaired) electrons. The van der Waals surface area contributed by atoms with Crippen LogP contribution in [0.2, 0.25) is 5.02 Å². The highest BCUT2D eigenvalue weighted by Gasteiger charge is 2.06. The van der Waals surface area contributed by atoms with E-state index in [0.717, 1.165) is 28.5 Å². The Morgan fingerprint density at radius 3 is 2.67 bits per heavy atom. The Morgan fingerprint density at radius 2 is 2.11 bits per heavy atom. The average Bonchev–Trinajstić information content (AvgIpc) is 2.81.